The zero-order chi connectivity index (χ0) is 21.8. The van der Waals surface area contributed by atoms with Crippen LogP contribution in [0.2, 0.25) is 0 Å². The van der Waals surface area contributed by atoms with Gasteiger partial charge < -0.3 is 10.6 Å². The molecule has 154 valence electrons. The van der Waals surface area contributed by atoms with E-state index in [-0.39, 0.29) is 0 Å². The Morgan fingerprint density at radius 3 is 1.97 bits per heavy atom. The van der Waals surface area contributed by atoms with Crippen LogP contribution in [-0.2, 0) is 0 Å². The molecule has 5 aromatic carbocycles. The fraction of sp³-hybridized carbons (Fsp3) is 0. The number of benzene rings is 5. The molecule has 0 radical (unpaired) electrons. The van der Waals surface area contributed by atoms with E-state index in [0.717, 1.165) is 22.6 Å². The van der Waals surface area contributed by atoms with Crippen molar-refractivity contribution in [2.45, 2.75) is 0 Å². The molecule has 0 unspecified atom stereocenters. The van der Waals surface area contributed by atoms with E-state index in [4.69, 9.17) is 17.2 Å². The van der Waals surface area contributed by atoms with E-state index in [1.165, 1.54) is 21.5 Å². The zero-order valence-electron chi connectivity index (χ0n) is 17.3. The van der Waals surface area contributed by atoms with Gasteiger partial charge in [0.2, 0.25) is 0 Å². The Bertz CT molecular complexity index is 1390. The molecular formula is C28H21N3S. The van der Waals surface area contributed by atoms with Crippen molar-refractivity contribution in [2.75, 3.05) is 10.6 Å². The first-order valence-corrected chi connectivity index (χ1v) is 10.9. The summed E-state index contributed by atoms with van der Waals surface area (Å²) in [7, 11) is 0. The van der Waals surface area contributed by atoms with Gasteiger partial charge in [-0.3, -0.25) is 4.99 Å². The highest BCUT2D eigenvalue weighted by atomic mass is 32.1. The van der Waals surface area contributed by atoms with Gasteiger partial charge in [-0.2, -0.15) is 0 Å². The molecule has 0 bridgehead atoms. The maximum absolute atomic E-state index is 5.51. The Hall–Kier alpha value is -4.02. The van der Waals surface area contributed by atoms with Crippen LogP contribution in [0.1, 0.15) is 5.56 Å². The molecule has 0 saturated carbocycles. The summed E-state index contributed by atoms with van der Waals surface area (Å²) < 4.78 is 0. The summed E-state index contributed by atoms with van der Waals surface area (Å²) in [5.74, 6) is 0. The van der Waals surface area contributed by atoms with Gasteiger partial charge in [-0.25, -0.2) is 0 Å². The van der Waals surface area contributed by atoms with Crippen LogP contribution in [-0.4, -0.2) is 11.3 Å². The predicted molar refractivity (Wildman–Crippen MR) is 141 cm³/mol. The van der Waals surface area contributed by atoms with Crippen molar-refractivity contribution in [3.05, 3.63) is 115 Å². The van der Waals surface area contributed by atoms with E-state index in [1.807, 2.05) is 60.8 Å². The van der Waals surface area contributed by atoms with Crippen molar-refractivity contribution in [3.63, 3.8) is 0 Å². The monoisotopic (exact) mass is 431 g/mol. The number of nitrogens with one attached hydrogen (secondary N) is 2. The molecule has 0 aromatic heterocycles. The molecule has 0 atom stereocenters. The van der Waals surface area contributed by atoms with Gasteiger partial charge in [0.05, 0.1) is 11.4 Å². The van der Waals surface area contributed by atoms with E-state index in [0.29, 0.717) is 5.11 Å². The number of hydrogen-bond donors (Lipinski definition) is 2. The summed E-state index contributed by atoms with van der Waals surface area (Å²) in [6.07, 6.45) is 1.96. The second-order valence-electron chi connectivity index (χ2n) is 7.45. The number of rotatable bonds is 4. The van der Waals surface area contributed by atoms with Crippen molar-refractivity contribution >= 4 is 62.2 Å². The summed E-state index contributed by atoms with van der Waals surface area (Å²) in [6.45, 7) is 0. The second-order valence-corrected chi connectivity index (χ2v) is 7.86. The highest BCUT2D eigenvalue weighted by Crippen LogP contribution is 2.29. The number of anilines is 2. The average Bonchev–Trinajstić information content (AvgIpc) is 2.83. The fourth-order valence-corrected chi connectivity index (χ4v) is 4.05. The number of hydrogen-bond acceptors (Lipinski definition) is 2. The van der Waals surface area contributed by atoms with Gasteiger partial charge in [0.25, 0.3) is 0 Å². The standard InChI is InChI=1S/C28H21N3S/c32-28(30-22-12-2-1-3-13-22)31-27-17-9-8-16-26(27)29-19-25-23-14-6-4-10-20(23)18-21-11-5-7-15-24(21)25/h1-19H,(H2,30,31,32). The Kier molecular flexibility index (Phi) is 5.60. The molecule has 0 amide bonds. The lowest BCUT2D eigenvalue weighted by molar-refractivity contribution is 1.51. The lowest BCUT2D eigenvalue weighted by Crippen LogP contribution is -2.19. The maximum Gasteiger partial charge on any atom is 0.175 e. The van der Waals surface area contributed by atoms with E-state index >= 15 is 0 Å². The first kappa shape index (κ1) is 19.9. The summed E-state index contributed by atoms with van der Waals surface area (Å²) in [4.78, 5) is 4.86. The normalized spacial score (nSPS) is 11.1. The molecule has 0 heterocycles. The molecule has 5 aromatic rings. The summed E-state index contributed by atoms with van der Waals surface area (Å²) in [6, 6.07) is 36.8. The molecule has 0 aliphatic rings. The number of aliphatic imine (C=N–C) groups is 1. The molecule has 2 N–H and O–H groups in total. The van der Waals surface area contributed by atoms with Crippen molar-refractivity contribution in [2.24, 2.45) is 4.99 Å². The Labute approximate surface area is 192 Å². The Morgan fingerprint density at radius 2 is 1.25 bits per heavy atom. The molecule has 0 saturated heterocycles. The van der Waals surface area contributed by atoms with Crippen molar-refractivity contribution in [1.29, 1.82) is 0 Å². The van der Waals surface area contributed by atoms with E-state index < -0.39 is 0 Å². The predicted octanol–water partition coefficient (Wildman–Crippen LogP) is 7.55. The summed E-state index contributed by atoms with van der Waals surface area (Å²) in [5.41, 5.74) is 3.72. The third-order valence-electron chi connectivity index (χ3n) is 5.33. The highest BCUT2D eigenvalue weighted by Gasteiger charge is 2.07. The number of para-hydroxylation sites is 3. The van der Waals surface area contributed by atoms with Gasteiger partial charge in [-0.1, -0.05) is 78.9 Å². The first-order valence-electron chi connectivity index (χ1n) is 10.4. The molecule has 5 rings (SSSR count). The lowest BCUT2D eigenvalue weighted by atomic mass is 9.97. The largest absolute Gasteiger partial charge is 0.332 e. The van der Waals surface area contributed by atoms with Gasteiger partial charge in [0, 0.05) is 17.5 Å². The Balaban J connectivity index is 1.49. The summed E-state index contributed by atoms with van der Waals surface area (Å²) in [5, 5.41) is 11.8. The minimum atomic E-state index is 0.523. The number of fused-ring (bicyclic) bond motifs is 2. The van der Waals surface area contributed by atoms with Crippen LogP contribution in [0.3, 0.4) is 0 Å². The molecule has 0 aliphatic heterocycles. The average molecular weight is 432 g/mol. The van der Waals surface area contributed by atoms with Crippen LogP contribution in [0.25, 0.3) is 21.5 Å². The third-order valence-corrected chi connectivity index (χ3v) is 5.53. The SMILES string of the molecule is S=C(Nc1ccccc1)Nc1ccccc1N=Cc1c2ccccc2cc2ccccc12. The van der Waals surface area contributed by atoms with Crippen LogP contribution in [0.5, 0.6) is 0 Å². The number of nitrogens with zero attached hydrogens (tertiary/aromatic N) is 1. The molecule has 4 heteroatoms. The van der Waals surface area contributed by atoms with Gasteiger partial charge in [-0.05, 0) is 64.1 Å². The lowest BCUT2D eigenvalue weighted by Gasteiger charge is -2.12. The zero-order valence-corrected chi connectivity index (χ0v) is 18.1. The topological polar surface area (TPSA) is 36.4 Å². The van der Waals surface area contributed by atoms with Gasteiger partial charge in [0.15, 0.2) is 5.11 Å². The van der Waals surface area contributed by atoms with E-state index in [2.05, 4.69) is 65.2 Å². The minimum Gasteiger partial charge on any atom is -0.332 e. The minimum absolute atomic E-state index is 0.523. The molecule has 32 heavy (non-hydrogen) atoms. The van der Waals surface area contributed by atoms with Crippen LogP contribution < -0.4 is 10.6 Å². The number of thiocarbonyl (C=S) groups is 1. The maximum atomic E-state index is 5.51. The van der Waals surface area contributed by atoms with Crippen LogP contribution in [0.4, 0.5) is 17.1 Å². The van der Waals surface area contributed by atoms with E-state index in [9.17, 15) is 0 Å². The molecule has 0 aliphatic carbocycles. The highest BCUT2D eigenvalue weighted by molar-refractivity contribution is 7.80. The molecule has 0 spiro atoms. The van der Waals surface area contributed by atoms with Crippen LogP contribution >= 0.6 is 12.2 Å². The van der Waals surface area contributed by atoms with Gasteiger partial charge in [0.1, 0.15) is 0 Å². The molecule has 3 nitrogen and oxygen atoms in total. The summed E-state index contributed by atoms with van der Waals surface area (Å²) >= 11 is 5.51. The first-order chi connectivity index (χ1) is 15.8. The smallest absolute Gasteiger partial charge is 0.175 e. The molecular weight excluding hydrogens is 410 g/mol. The van der Waals surface area contributed by atoms with Crippen molar-refractivity contribution < 1.29 is 0 Å². The van der Waals surface area contributed by atoms with Gasteiger partial charge in [-0.15, -0.1) is 0 Å². The van der Waals surface area contributed by atoms with Crippen LogP contribution in [0.15, 0.2) is 114 Å². The van der Waals surface area contributed by atoms with E-state index in [1.54, 1.807) is 0 Å². The fourth-order valence-electron chi connectivity index (χ4n) is 3.82. The Morgan fingerprint density at radius 1 is 0.656 bits per heavy atom. The third kappa shape index (κ3) is 4.22. The van der Waals surface area contributed by atoms with Gasteiger partial charge >= 0.3 is 0 Å². The van der Waals surface area contributed by atoms with Crippen molar-refractivity contribution in [3.8, 4) is 0 Å². The van der Waals surface area contributed by atoms with Crippen LogP contribution in [0, 0.1) is 0 Å². The molecule has 0 fully saturated rings. The second kappa shape index (κ2) is 9.00. The van der Waals surface area contributed by atoms with Crippen molar-refractivity contribution in [1.82, 2.24) is 0 Å². The quantitative estimate of drug-likeness (QED) is 0.175.